The summed E-state index contributed by atoms with van der Waals surface area (Å²) in [7, 11) is -3.55. The molecule has 5 aliphatic rings. The van der Waals surface area contributed by atoms with Gasteiger partial charge in [0.05, 0.1) is 22.1 Å². The van der Waals surface area contributed by atoms with Crippen molar-refractivity contribution in [3.05, 3.63) is 0 Å². The Kier molecular flexibility index (Phi) is 12.5. The number of nitrogens with one attached hydrogen (secondary N) is 4. The first-order valence-corrected chi connectivity index (χ1v) is 21.4. The predicted molar refractivity (Wildman–Crippen MR) is 195 cm³/mol. The molecule has 5 fully saturated rings. The van der Waals surface area contributed by atoms with Crippen LogP contribution in [0.1, 0.15) is 137 Å². The number of nitrogens with zero attached hydrogens (tertiary/aromatic N) is 1. The maximum Gasteiger partial charge on any atom is 0.315 e. The van der Waals surface area contributed by atoms with Crippen LogP contribution in [0.25, 0.3) is 0 Å². The number of carbonyl (C=O) groups is 5. The second kappa shape index (κ2) is 16.1. The van der Waals surface area contributed by atoms with Crippen LogP contribution >= 0.6 is 0 Å². The first-order valence-electron chi connectivity index (χ1n) is 19.8. The fraction of sp³-hybridized carbons (Fsp3) is 0.868. The molecular weight excluding hydrogens is 671 g/mol. The minimum atomic E-state index is -3.55. The minimum Gasteiger partial charge on any atom is -0.347 e. The summed E-state index contributed by atoms with van der Waals surface area (Å²) in [5.74, 6) is -2.13. The molecule has 0 aromatic heterocycles. The molecule has 5 amide bonds. The van der Waals surface area contributed by atoms with Gasteiger partial charge in [-0.15, -0.1) is 0 Å². The van der Waals surface area contributed by atoms with E-state index in [9.17, 15) is 32.4 Å². The quantitative estimate of drug-likeness (QED) is 0.194. The third-order valence-corrected chi connectivity index (χ3v) is 15.2. The number of sulfone groups is 1. The predicted octanol–water partition coefficient (Wildman–Crippen LogP) is 4.16. The average molecular weight is 734 g/mol. The number of amides is 5. The van der Waals surface area contributed by atoms with Crippen LogP contribution in [0.4, 0.5) is 4.79 Å². The SMILES string of the molecule is C[C@@H]1[C@@H](C(=O)N[C@@H](CCC2CC2)C(=O)C(=O)NC2CC2)N(C(=O)[C@@H](NC(=O)NC2(CS(=O)(=O)C(C)(C)C)CCCCC2)C2CCCCC2)C[C@@H]1C. The molecule has 4 N–H and O–H groups in total. The van der Waals surface area contributed by atoms with Crippen LogP contribution in [-0.2, 0) is 29.0 Å². The number of urea groups is 1. The van der Waals surface area contributed by atoms with E-state index in [1.165, 1.54) is 0 Å². The molecule has 0 radical (unpaired) electrons. The highest BCUT2D eigenvalue weighted by molar-refractivity contribution is 7.92. The number of rotatable bonds is 14. The molecule has 51 heavy (non-hydrogen) atoms. The zero-order valence-electron chi connectivity index (χ0n) is 31.6. The molecule has 1 saturated heterocycles. The van der Waals surface area contributed by atoms with Crippen molar-refractivity contribution in [1.29, 1.82) is 0 Å². The molecule has 4 aliphatic carbocycles. The van der Waals surface area contributed by atoms with Gasteiger partial charge in [-0.25, -0.2) is 13.2 Å². The van der Waals surface area contributed by atoms with Gasteiger partial charge >= 0.3 is 6.03 Å². The van der Waals surface area contributed by atoms with Crippen LogP contribution in [0.2, 0.25) is 0 Å². The molecule has 0 aromatic rings. The fourth-order valence-corrected chi connectivity index (χ4v) is 9.85. The van der Waals surface area contributed by atoms with E-state index in [-0.39, 0.29) is 35.5 Å². The van der Waals surface area contributed by atoms with Crippen LogP contribution in [0.3, 0.4) is 0 Å². The van der Waals surface area contributed by atoms with E-state index in [1.807, 2.05) is 13.8 Å². The molecule has 0 unspecified atom stereocenters. The highest BCUT2D eigenvalue weighted by Crippen LogP contribution is 2.36. The lowest BCUT2D eigenvalue weighted by Crippen LogP contribution is -2.63. The number of carbonyl (C=O) groups excluding carboxylic acids is 5. The van der Waals surface area contributed by atoms with E-state index in [0.717, 1.165) is 83.5 Å². The van der Waals surface area contributed by atoms with E-state index in [2.05, 4.69) is 21.3 Å². The van der Waals surface area contributed by atoms with Crippen LogP contribution in [0.15, 0.2) is 0 Å². The Balaban J connectivity index is 1.34. The maximum atomic E-state index is 14.7. The Labute approximate surface area is 305 Å². The largest absolute Gasteiger partial charge is 0.347 e. The van der Waals surface area contributed by atoms with E-state index >= 15 is 0 Å². The van der Waals surface area contributed by atoms with E-state index in [1.54, 1.807) is 25.7 Å². The Hall–Kier alpha value is -2.70. The van der Waals surface area contributed by atoms with Crippen LogP contribution in [-0.4, -0.2) is 89.6 Å². The van der Waals surface area contributed by atoms with E-state index in [0.29, 0.717) is 31.7 Å². The van der Waals surface area contributed by atoms with Crippen molar-refractivity contribution in [2.45, 2.75) is 172 Å². The topological polar surface area (TPSA) is 171 Å². The summed E-state index contributed by atoms with van der Waals surface area (Å²) in [5, 5.41) is 11.7. The molecule has 4 saturated carbocycles. The van der Waals surface area contributed by atoms with Gasteiger partial charge in [0.15, 0.2) is 9.84 Å². The summed E-state index contributed by atoms with van der Waals surface area (Å²) in [4.78, 5) is 70.4. The van der Waals surface area contributed by atoms with Crippen LogP contribution in [0.5, 0.6) is 0 Å². The first kappa shape index (κ1) is 39.5. The molecule has 1 aliphatic heterocycles. The molecule has 13 heteroatoms. The van der Waals surface area contributed by atoms with Crippen molar-refractivity contribution in [2.75, 3.05) is 12.3 Å². The molecule has 1 heterocycles. The van der Waals surface area contributed by atoms with Crippen molar-refractivity contribution in [1.82, 2.24) is 26.2 Å². The molecule has 12 nitrogen and oxygen atoms in total. The standard InChI is InChI=1S/C38H63N5O7S/c1-24-22-43(31(25(24)2)33(45)40-29(19-16-26-14-15-26)32(44)34(46)39-28-17-18-28)35(47)30(27-12-8-6-9-13-27)41-36(48)42-38(20-10-7-11-21-38)23-51(49,50)37(3,4)5/h24-31H,6-23H2,1-5H3,(H,39,46)(H,40,45)(H2,41,42,48)/t24-,25-,29-,30-,31-/m0/s1. The molecule has 0 aromatic carbocycles. The van der Waals surface area contributed by atoms with Crippen molar-refractivity contribution >= 4 is 39.4 Å². The van der Waals surface area contributed by atoms with Gasteiger partial charge < -0.3 is 26.2 Å². The summed E-state index contributed by atoms with van der Waals surface area (Å²) in [6.45, 7) is 9.28. The summed E-state index contributed by atoms with van der Waals surface area (Å²) < 4.78 is 25.8. The van der Waals surface area contributed by atoms with E-state index in [4.69, 9.17) is 0 Å². The lowest BCUT2D eigenvalue weighted by atomic mass is 9.82. The van der Waals surface area contributed by atoms with Crippen molar-refractivity contribution in [3.8, 4) is 0 Å². The number of hydrogen-bond acceptors (Lipinski definition) is 7. The van der Waals surface area contributed by atoms with Gasteiger partial charge in [0.25, 0.3) is 5.91 Å². The number of likely N-dealkylation sites (tertiary alicyclic amines) is 1. The van der Waals surface area contributed by atoms with Gasteiger partial charge in [-0.3, -0.25) is 19.2 Å². The molecular formula is C38H63N5O7S. The summed E-state index contributed by atoms with van der Waals surface area (Å²) >= 11 is 0. The lowest BCUT2D eigenvalue weighted by molar-refractivity contribution is -0.144. The number of ketones is 1. The van der Waals surface area contributed by atoms with Crippen LogP contribution < -0.4 is 21.3 Å². The summed E-state index contributed by atoms with van der Waals surface area (Å²) in [6, 6.07) is -3.27. The minimum absolute atomic E-state index is 0.0161. The zero-order valence-corrected chi connectivity index (χ0v) is 32.4. The molecule has 0 bridgehead atoms. The second-order valence-electron chi connectivity index (χ2n) is 17.7. The van der Waals surface area contributed by atoms with Gasteiger partial charge in [0, 0.05) is 12.6 Å². The molecule has 5 atom stereocenters. The monoisotopic (exact) mass is 733 g/mol. The summed E-state index contributed by atoms with van der Waals surface area (Å²) in [5.41, 5.74) is -0.929. The van der Waals surface area contributed by atoms with Gasteiger partial charge in [-0.05, 0) is 95.8 Å². The lowest BCUT2D eigenvalue weighted by Gasteiger charge is -2.40. The Bertz CT molecular complexity index is 1410. The highest BCUT2D eigenvalue weighted by atomic mass is 32.2. The molecule has 5 rings (SSSR count). The maximum absolute atomic E-state index is 14.7. The fourth-order valence-electron chi connectivity index (χ4n) is 8.33. The number of Topliss-reactive ketones (excluding diaryl/α,β-unsaturated/α-hetero) is 1. The van der Waals surface area contributed by atoms with Gasteiger partial charge in [0.1, 0.15) is 12.1 Å². The molecule has 0 spiro atoms. The van der Waals surface area contributed by atoms with Gasteiger partial charge in [-0.1, -0.05) is 65.2 Å². The van der Waals surface area contributed by atoms with Gasteiger partial charge in [-0.2, -0.15) is 0 Å². The third kappa shape index (κ3) is 10.0. The van der Waals surface area contributed by atoms with Crippen LogP contribution in [0, 0.1) is 23.7 Å². The van der Waals surface area contributed by atoms with Crippen molar-refractivity contribution < 1.29 is 32.4 Å². The van der Waals surface area contributed by atoms with Crippen molar-refractivity contribution in [2.24, 2.45) is 23.7 Å². The first-order chi connectivity index (χ1) is 24.0. The Morgan fingerprint density at radius 3 is 2.06 bits per heavy atom. The smallest absolute Gasteiger partial charge is 0.315 e. The normalized spacial score (nSPS) is 26.8. The average Bonchev–Trinajstić information content (AvgIpc) is 4.01. The Morgan fingerprint density at radius 2 is 1.47 bits per heavy atom. The van der Waals surface area contributed by atoms with Crippen molar-refractivity contribution in [3.63, 3.8) is 0 Å². The Morgan fingerprint density at radius 1 is 0.843 bits per heavy atom. The van der Waals surface area contributed by atoms with E-state index < -0.39 is 61.9 Å². The number of hydrogen-bond donors (Lipinski definition) is 4. The second-order valence-corrected chi connectivity index (χ2v) is 20.4. The van der Waals surface area contributed by atoms with Gasteiger partial charge in [0.2, 0.25) is 17.6 Å². The molecule has 288 valence electrons. The third-order valence-electron chi connectivity index (χ3n) is 12.4. The zero-order chi connectivity index (χ0) is 37.1. The summed E-state index contributed by atoms with van der Waals surface area (Å²) in [6.07, 6.45) is 13.0. The highest BCUT2D eigenvalue weighted by Gasteiger charge is 2.49.